The van der Waals surface area contributed by atoms with Crippen LogP contribution in [0.2, 0.25) is 0 Å². The van der Waals surface area contributed by atoms with Gasteiger partial charge in [0.25, 0.3) is 0 Å². The SMILES string of the molecule is Cc1ncsc1-c1ccc([C@H](C)NC(=O)[C@@H]2C[C@@H](O)CN2CC(C=O)(c2cc(C(C)C)no2)C(C)C)cc1. The van der Waals surface area contributed by atoms with Crippen molar-refractivity contribution in [3.63, 3.8) is 0 Å². The van der Waals surface area contributed by atoms with Gasteiger partial charge in [-0.2, -0.15) is 0 Å². The van der Waals surface area contributed by atoms with Gasteiger partial charge < -0.3 is 19.7 Å². The molecule has 0 aliphatic carbocycles. The zero-order chi connectivity index (χ0) is 27.6. The highest BCUT2D eigenvalue weighted by molar-refractivity contribution is 7.13. The van der Waals surface area contributed by atoms with Crippen LogP contribution in [0.3, 0.4) is 0 Å². The minimum atomic E-state index is -0.987. The molecular weight excluding hydrogens is 500 g/mol. The van der Waals surface area contributed by atoms with Crippen molar-refractivity contribution in [2.24, 2.45) is 5.92 Å². The lowest BCUT2D eigenvalue weighted by molar-refractivity contribution is -0.127. The van der Waals surface area contributed by atoms with E-state index in [0.29, 0.717) is 18.7 Å². The lowest BCUT2D eigenvalue weighted by atomic mass is 9.75. The van der Waals surface area contributed by atoms with E-state index in [-0.39, 0.29) is 30.3 Å². The number of aromatic nitrogens is 2. The summed E-state index contributed by atoms with van der Waals surface area (Å²) < 4.78 is 5.67. The number of amides is 1. The normalized spacial score (nSPS) is 20.6. The van der Waals surface area contributed by atoms with Gasteiger partial charge in [-0.3, -0.25) is 9.69 Å². The summed E-state index contributed by atoms with van der Waals surface area (Å²) in [7, 11) is 0. The molecule has 3 aromatic rings. The van der Waals surface area contributed by atoms with Gasteiger partial charge in [0, 0.05) is 19.2 Å². The van der Waals surface area contributed by atoms with Crippen molar-refractivity contribution in [1.29, 1.82) is 0 Å². The van der Waals surface area contributed by atoms with E-state index in [1.54, 1.807) is 11.3 Å². The van der Waals surface area contributed by atoms with Crippen LogP contribution in [0.5, 0.6) is 0 Å². The fourth-order valence-electron chi connectivity index (χ4n) is 5.11. The van der Waals surface area contributed by atoms with Crippen molar-refractivity contribution in [1.82, 2.24) is 20.4 Å². The first-order chi connectivity index (χ1) is 18.1. The molecule has 1 amide bonds. The Hall–Kier alpha value is -2.88. The van der Waals surface area contributed by atoms with Gasteiger partial charge in [0.1, 0.15) is 11.7 Å². The first-order valence-corrected chi connectivity index (χ1v) is 14.1. The van der Waals surface area contributed by atoms with E-state index in [0.717, 1.165) is 33.7 Å². The fraction of sp³-hybridized carbons (Fsp3) is 0.517. The van der Waals surface area contributed by atoms with Crippen molar-refractivity contribution in [3.8, 4) is 10.4 Å². The van der Waals surface area contributed by atoms with Crippen LogP contribution in [0.1, 0.15) is 75.7 Å². The average molecular weight is 539 g/mol. The van der Waals surface area contributed by atoms with Crippen molar-refractivity contribution in [3.05, 3.63) is 58.6 Å². The monoisotopic (exact) mass is 538 g/mol. The van der Waals surface area contributed by atoms with Crippen molar-refractivity contribution >= 4 is 23.5 Å². The molecule has 0 saturated carbocycles. The molecular formula is C29H38N4O4S. The molecule has 2 aromatic heterocycles. The van der Waals surface area contributed by atoms with E-state index in [4.69, 9.17) is 4.52 Å². The molecule has 0 bridgehead atoms. The first kappa shape index (κ1) is 28.1. The number of carbonyl (C=O) groups is 2. The third-order valence-corrected chi connectivity index (χ3v) is 8.72. The lowest BCUT2D eigenvalue weighted by Gasteiger charge is -2.36. The maximum Gasteiger partial charge on any atom is 0.237 e. The Morgan fingerprint density at radius 3 is 2.53 bits per heavy atom. The second kappa shape index (κ2) is 11.5. The van der Waals surface area contributed by atoms with Crippen LogP contribution in [-0.4, -0.2) is 57.6 Å². The van der Waals surface area contributed by atoms with Crippen LogP contribution >= 0.6 is 11.3 Å². The maximum absolute atomic E-state index is 13.5. The van der Waals surface area contributed by atoms with Crippen LogP contribution in [0.4, 0.5) is 0 Å². The second-order valence-electron chi connectivity index (χ2n) is 11.0. The number of hydrogen-bond acceptors (Lipinski definition) is 8. The third kappa shape index (κ3) is 5.60. The van der Waals surface area contributed by atoms with Gasteiger partial charge in [0.05, 0.1) is 40.0 Å². The molecule has 0 spiro atoms. The summed E-state index contributed by atoms with van der Waals surface area (Å²) in [5.41, 5.74) is 4.73. The van der Waals surface area contributed by atoms with Gasteiger partial charge in [0.2, 0.25) is 5.91 Å². The van der Waals surface area contributed by atoms with E-state index in [1.807, 2.05) is 82.3 Å². The highest BCUT2D eigenvalue weighted by Gasteiger charge is 2.46. The number of aryl methyl sites for hydroxylation is 1. The van der Waals surface area contributed by atoms with Gasteiger partial charge in [-0.25, -0.2) is 4.98 Å². The molecule has 3 heterocycles. The van der Waals surface area contributed by atoms with Crippen LogP contribution in [0, 0.1) is 12.8 Å². The maximum atomic E-state index is 13.5. The third-order valence-electron chi connectivity index (χ3n) is 7.75. The van der Waals surface area contributed by atoms with E-state index in [9.17, 15) is 14.7 Å². The Morgan fingerprint density at radius 1 is 1.26 bits per heavy atom. The second-order valence-corrected chi connectivity index (χ2v) is 11.9. The summed E-state index contributed by atoms with van der Waals surface area (Å²) in [6.45, 7) is 12.5. The van der Waals surface area contributed by atoms with Crippen LogP contribution in [0.25, 0.3) is 10.4 Å². The number of thiazole rings is 1. The van der Waals surface area contributed by atoms with Crippen LogP contribution < -0.4 is 5.32 Å². The van der Waals surface area contributed by atoms with Crippen LogP contribution in [-0.2, 0) is 15.0 Å². The quantitative estimate of drug-likeness (QED) is 0.362. The number of hydrogen-bond donors (Lipinski definition) is 2. The highest BCUT2D eigenvalue weighted by Crippen LogP contribution is 2.36. The fourth-order valence-corrected chi connectivity index (χ4v) is 5.93. The number of aliphatic hydroxyl groups excluding tert-OH is 1. The summed E-state index contributed by atoms with van der Waals surface area (Å²) in [5, 5.41) is 17.8. The van der Waals surface area contributed by atoms with Gasteiger partial charge in [-0.1, -0.05) is 57.1 Å². The molecule has 4 atom stereocenters. The molecule has 38 heavy (non-hydrogen) atoms. The number of nitrogens with one attached hydrogen (secondary N) is 1. The molecule has 1 aliphatic heterocycles. The number of nitrogens with zero attached hydrogens (tertiary/aromatic N) is 3. The summed E-state index contributed by atoms with van der Waals surface area (Å²) in [6.07, 6.45) is 0.570. The Morgan fingerprint density at radius 2 is 1.97 bits per heavy atom. The standard InChI is InChI=1S/C29H38N4O4S/c1-17(2)24-12-26(37-32-24)29(15-34,18(3)4)14-33-13-23(35)11-25(33)28(36)31-19(5)21-7-9-22(10-8-21)27-20(6)30-16-38-27/h7-10,12,15-19,23,25,35H,11,13-14H2,1-6H3,(H,31,36)/t19-,23+,25-,29?/m0/s1. The molecule has 9 heteroatoms. The Balaban J connectivity index is 1.50. The zero-order valence-corrected chi connectivity index (χ0v) is 23.8. The van der Waals surface area contributed by atoms with Crippen molar-refractivity contribution in [2.75, 3.05) is 13.1 Å². The van der Waals surface area contributed by atoms with Gasteiger partial charge >= 0.3 is 0 Å². The highest BCUT2D eigenvalue weighted by atomic mass is 32.1. The Labute approximate surface area is 228 Å². The van der Waals surface area contributed by atoms with Gasteiger partial charge in [0.15, 0.2) is 5.76 Å². The summed E-state index contributed by atoms with van der Waals surface area (Å²) >= 11 is 1.61. The van der Waals surface area contributed by atoms with Crippen molar-refractivity contribution < 1.29 is 19.2 Å². The van der Waals surface area contributed by atoms with E-state index < -0.39 is 17.6 Å². The molecule has 4 rings (SSSR count). The van der Waals surface area contributed by atoms with E-state index >= 15 is 0 Å². The Bertz CT molecular complexity index is 1250. The largest absolute Gasteiger partial charge is 0.392 e. The van der Waals surface area contributed by atoms with Crippen molar-refractivity contribution in [2.45, 2.75) is 77.5 Å². The number of aldehydes is 1. The molecule has 2 N–H and O–H groups in total. The number of β-amino-alcohol motifs (C(OH)–C–C–N with tert-alkyl or cyclic N) is 1. The molecule has 8 nitrogen and oxygen atoms in total. The van der Waals surface area contributed by atoms with E-state index in [1.165, 1.54) is 0 Å². The smallest absolute Gasteiger partial charge is 0.237 e. The number of likely N-dealkylation sites (tertiary alicyclic amines) is 1. The predicted molar refractivity (Wildman–Crippen MR) is 148 cm³/mol. The summed E-state index contributed by atoms with van der Waals surface area (Å²) in [4.78, 5) is 33.4. The average Bonchev–Trinajstić information content (AvgIpc) is 3.62. The molecule has 1 unspecified atom stereocenters. The summed E-state index contributed by atoms with van der Waals surface area (Å²) in [5.74, 6) is 0.392. The molecule has 1 aromatic carbocycles. The zero-order valence-electron chi connectivity index (χ0n) is 23.0. The predicted octanol–water partition coefficient (Wildman–Crippen LogP) is 4.64. The van der Waals surface area contributed by atoms with E-state index in [2.05, 4.69) is 15.5 Å². The number of carbonyl (C=O) groups excluding carboxylic acids is 2. The molecule has 1 aliphatic rings. The molecule has 1 fully saturated rings. The molecule has 204 valence electrons. The number of rotatable bonds is 10. The summed E-state index contributed by atoms with van der Waals surface area (Å²) in [6, 6.07) is 9.21. The number of aliphatic hydroxyl groups is 1. The number of benzene rings is 1. The molecule has 0 radical (unpaired) electrons. The minimum absolute atomic E-state index is 0.103. The topological polar surface area (TPSA) is 109 Å². The van der Waals surface area contributed by atoms with Crippen LogP contribution in [0.15, 0.2) is 40.4 Å². The van der Waals surface area contributed by atoms with Gasteiger partial charge in [-0.15, -0.1) is 11.3 Å². The minimum Gasteiger partial charge on any atom is -0.392 e. The molecule has 1 saturated heterocycles. The van der Waals surface area contributed by atoms with Gasteiger partial charge in [-0.05, 0) is 43.2 Å². The lowest BCUT2D eigenvalue weighted by Crippen LogP contribution is -2.51. The Kier molecular flexibility index (Phi) is 8.49. The first-order valence-electron chi connectivity index (χ1n) is 13.2.